The largest absolute Gasteiger partial charge is 0.309 e. The molecule has 1 atom stereocenters. The zero-order chi connectivity index (χ0) is 13.3. The average Bonchev–Trinajstić information content (AvgIpc) is 2.64. The minimum atomic E-state index is -0.375. The quantitative estimate of drug-likeness (QED) is 0.822. The van der Waals surface area contributed by atoms with Gasteiger partial charge in [0.15, 0.2) is 0 Å². The minimum absolute atomic E-state index is 0.336. The van der Waals surface area contributed by atoms with E-state index in [9.17, 15) is 4.39 Å². The highest BCUT2D eigenvalue weighted by Gasteiger charge is 2.21. The van der Waals surface area contributed by atoms with E-state index in [2.05, 4.69) is 5.32 Å². The first-order valence-electron chi connectivity index (χ1n) is 5.10. The molecule has 0 aliphatic carbocycles. The number of halogens is 4. The van der Waals surface area contributed by atoms with Crippen LogP contribution in [0, 0.1) is 5.82 Å². The standard InChI is InChI=1S/C12H9Cl3FNS/c1-17-11(8-5-10(14)18-12(8)15)7-4-6(13)2-3-9(7)16/h2-5,11,17H,1H3. The Hall–Kier alpha value is -0.320. The molecule has 96 valence electrons. The predicted molar refractivity (Wildman–Crippen MR) is 76.7 cm³/mol. The van der Waals surface area contributed by atoms with E-state index in [1.807, 2.05) is 0 Å². The van der Waals surface area contributed by atoms with Crippen LogP contribution in [0.15, 0.2) is 24.3 Å². The first-order chi connectivity index (χ1) is 8.52. The maximum atomic E-state index is 13.9. The van der Waals surface area contributed by atoms with Crippen LogP contribution < -0.4 is 5.32 Å². The van der Waals surface area contributed by atoms with Gasteiger partial charge in [-0.3, -0.25) is 0 Å². The van der Waals surface area contributed by atoms with E-state index in [0.717, 1.165) is 5.56 Å². The molecule has 0 bridgehead atoms. The molecule has 1 aromatic heterocycles. The molecule has 0 amide bonds. The van der Waals surface area contributed by atoms with Crippen molar-refractivity contribution in [2.24, 2.45) is 0 Å². The average molecular weight is 325 g/mol. The number of benzene rings is 1. The summed E-state index contributed by atoms with van der Waals surface area (Å²) in [5.41, 5.74) is 1.19. The Morgan fingerprint density at radius 2 is 1.89 bits per heavy atom. The van der Waals surface area contributed by atoms with Gasteiger partial charge in [0.2, 0.25) is 0 Å². The summed E-state index contributed by atoms with van der Waals surface area (Å²) < 4.78 is 15.0. The number of hydrogen-bond acceptors (Lipinski definition) is 2. The van der Waals surface area contributed by atoms with Gasteiger partial charge >= 0.3 is 0 Å². The van der Waals surface area contributed by atoms with Crippen molar-refractivity contribution in [2.45, 2.75) is 6.04 Å². The van der Waals surface area contributed by atoms with Gasteiger partial charge in [0.25, 0.3) is 0 Å². The van der Waals surface area contributed by atoms with Crippen LogP contribution in [0.3, 0.4) is 0 Å². The van der Waals surface area contributed by atoms with E-state index in [1.165, 1.54) is 23.5 Å². The monoisotopic (exact) mass is 323 g/mol. The van der Waals surface area contributed by atoms with E-state index in [-0.39, 0.29) is 11.9 Å². The van der Waals surface area contributed by atoms with Crippen LogP contribution in [0.4, 0.5) is 4.39 Å². The zero-order valence-electron chi connectivity index (χ0n) is 9.31. The number of thiophene rings is 1. The topological polar surface area (TPSA) is 12.0 Å². The Morgan fingerprint density at radius 3 is 2.44 bits per heavy atom. The smallest absolute Gasteiger partial charge is 0.128 e. The maximum absolute atomic E-state index is 13.9. The van der Waals surface area contributed by atoms with Gasteiger partial charge in [0.05, 0.1) is 14.7 Å². The minimum Gasteiger partial charge on any atom is -0.309 e. The van der Waals surface area contributed by atoms with Crippen molar-refractivity contribution in [3.05, 3.63) is 54.9 Å². The van der Waals surface area contributed by atoms with Gasteiger partial charge in [-0.25, -0.2) is 4.39 Å². The molecule has 2 aromatic rings. The molecule has 1 aromatic carbocycles. The van der Waals surface area contributed by atoms with Gasteiger partial charge in [-0.2, -0.15) is 0 Å². The Kier molecular flexibility index (Phi) is 4.51. The molecule has 0 aliphatic heterocycles. The van der Waals surface area contributed by atoms with Crippen LogP contribution >= 0.6 is 46.1 Å². The Balaban J connectivity index is 2.51. The fourth-order valence-corrected chi connectivity index (χ4v) is 3.48. The third-order valence-corrected chi connectivity index (χ3v) is 4.30. The summed E-state index contributed by atoms with van der Waals surface area (Å²) in [4.78, 5) is 0. The molecule has 1 N–H and O–H groups in total. The second-order valence-corrected chi connectivity index (χ2v) is 6.39. The van der Waals surface area contributed by atoms with Gasteiger partial charge in [-0.05, 0) is 31.3 Å². The summed E-state index contributed by atoms with van der Waals surface area (Å²) in [6.45, 7) is 0. The fourth-order valence-electron chi connectivity index (χ4n) is 1.76. The zero-order valence-corrected chi connectivity index (χ0v) is 12.4. The maximum Gasteiger partial charge on any atom is 0.128 e. The Labute approximate surface area is 123 Å². The summed E-state index contributed by atoms with van der Waals surface area (Å²) in [5, 5.41) is 3.50. The van der Waals surface area contributed by atoms with Gasteiger partial charge in [0.1, 0.15) is 5.82 Å². The van der Waals surface area contributed by atoms with E-state index in [1.54, 1.807) is 19.2 Å². The molecule has 0 saturated heterocycles. The number of rotatable bonds is 3. The van der Waals surface area contributed by atoms with Crippen molar-refractivity contribution < 1.29 is 4.39 Å². The molecule has 0 spiro atoms. The van der Waals surface area contributed by atoms with Crippen LogP contribution in [0.2, 0.25) is 13.7 Å². The molecule has 6 heteroatoms. The lowest BCUT2D eigenvalue weighted by molar-refractivity contribution is 0.577. The van der Waals surface area contributed by atoms with Crippen LogP contribution in [0.5, 0.6) is 0 Å². The molecule has 0 radical (unpaired) electrons. The molecule has 2 rings (SSSR count). The lowest BCUT2D eigenvalue weighted by atomic mass is 10.0. The second-order valence-electron chi connectivity index (χ2n) is 3.67. The van der Waals surface area contributed by atoms with Crippen molar-refractivity contribution in [2.75, 3.05) is 7.05 Å². The van der Waals surface area contributed by atoms with Gasteiger partial charge < -0.3 is 5.32 Å². The lowest BCUT2D eigenvalue weighted by Crippen LogP contribution is -2.18. The third kappa shape index (κ3) is 2.81. The van der Waals surface area contributed by atoms with Crippen LogP contribution in [-0.2, 0) is 0 Å². The van der Waals surface area contributed by atoms with Gasteiger partial charge in [-0.15, -0.1) is 11.3 Å². The Bertz CT molecular complexity index is 570. The van der Waals surface area contributed by atoms with Crippen LogP contribution in [0.1, 0.15) is 17.2 Å². The molecule has 0 fully saturated rings. The van der Waals surface area contributed by atoms with Crippen molar-refractivity contribution in [1.82, 2.24) is 5.32 Å². The van der Waals surface area contributed by atoms with Crippen LogP contribution in [-0.4, -0.2) is 7.05 Å². The van der Waals surface area contributed by atoms with Crippen molar-refractivity contribution >= 4 is 46.1 Å². The van der Waals surface area contributed by atoms with Crippen LogP contribution in [0.25, 0.3) is 0 Å². The summed E-state index contributed by atoms with van der Waals surface area (Å²) in [7, 11) is 1.73. The first kappa shape index (κ1) is 14.1. The highest BCUT2D eigenvalue weighted by molar-refractivity contribution is 7.20. The number of hydrogen-bond donors (Lipinski definition) is 1. The van der Waals surface area contributed by atoms with E-state index in [0.29, 0.717) is 19.3 Å². The molecular weight excluding hydrogens is 316 g/mol. The van der Waals surface area contributed by atoms with E-state index in [4.69, 9.17) is 34.8 Å². The highest BCUT2D eigenvalue weighted by atomic mass is 35.5. The summed E-state index contributed by atoms with van der Waals surface area (Å²) in [6, 6.07) is 5.79. The van der Waals surface area contributed by atoms with Crippen molar-refractivity contribution in [3.8, 4) is 0 Å². The SMILES string of the molecule is CNC(c1cc(Cl)ccc1F)c1cc(Cl)sc1Cl. The lowest BCUT2D eigenvalue weighted by Gasteiger charge is -2.17. The summed E-state index contributed by atoms with van der Waals surface area (Å²) in [6.07, 6.45) is 0. The molecule has 1 unspecified atom stereocenters. The normalized spacial score (nSPS) is 12.7. The fraction of sp³-hybridized carbons (Fsp3) is 0.167. The molecule has 0 saturated carbocycles. The third-order valence-electron chi connectivity index (χ3n) is 2.55. The molecular formula is C12H9Cl3FNS. The predicted octanol–water partition coefficient (Wildman–Crippen LogP) is 5.16. The second kappa shape index (κ2) is 5.76. The number of nitrogens with one attached hydrogen (secondary N) is 1. The van der Waals surface area contributed by atoms with Crippen molar-refractivity contribution in [1.29, 1.82) is 0 Å². The molecule has 18 heavy (non-hydrogen) atoms. The van der Waals surface area contributed by atoms with E-state index >= 15 is 0 Å². The highest BCUT2D eigenvalue weighted by Crippen LogP contribution is 2.38. The summed E-state index contributed by atoms with van der Waals surface area (Å²) >= 11 is 19.2. The summed E-state index contributed by atoms with van der Waals surface area (Å²) in [5.74, 6) is -0.336. The molecule has 1 nitrogen and oxygen atoms in total. The first-order valence-corrected chi connectivity index (χ1v) is 7.05. The van der Waals surface area contributed by atoms with Crippen molar-refractivity contribution in [3.63, 3.8) is 0 Å². The van der Waals surface area contributed by atoms with Gasteiger partial charge in [0, 0.05) is 16.1 Å². The van der Waals surface area contributed by atoms with Gasteiger partial charge in [-0.1, -0.05) is 34.8 Å². The van der Waals surface area contributed by atoms with E-state index < -0.39 is 0 Å². The molecule has 0 aliphatic rings. The molecule has 1 heterocycles. The Morgan fingerprint density at radius 1 is 1.17 bits per heavy atom.